The first kappa shape index (κ1) is 11.7. The molecule has 2 unspecified atom stereocenters. The van der Waals surface area contributed by atoms with E-state index in [0.29, 0.717) is 18.0 Å². The zero-order valence-electron chi connectivity index (χ0n) is 11.1. The Morgan fingerprint density at radius 1 is 1.22 bits per heavy atom. The second-order valence-electron chi connectivity index (χ2n) is 5.87. The van der Waals surface area contributed by atoms with Crippen LogP contribution in [0.15, 0.2) is 24.3 Å². The Morgan fingerprint density at radius 3 is 2.61 bits per heavy atom. The summed E-state index contributed by atoms with van der Waals surface area (Å²) < 4.78 is 0. The van der Waals surface area contributed by atoms with Gasteiger partial charge in [0, 0.05) is 18.0 Å². The highest BCUT2D eigenvalue weighted by Crippen LogP contribution is 2.45. The molecule has 94 valence electrons. The standard InChI is InChI=1S/C16H20N2/c1-11-3-5-12(6-4-11)14-9-13-7-8-16(18(13)2)15(14)10-17/h3-6,13-16H,7-9H2,1-2H3/t13-,14-,15?,16?/m1/s1. The van der Waals surface area contributed by atoms with E-state index in [4.69, 9.17) is 0 Å². The molecule has 2 aliphatic rings. The SMILES string of the molecule is Cc1ccc([C@H]2C[C@H]3CCC(C2C#N)N3C)cc1. The van der Waals surface area contributed by atoms with Crippen LogP contribution in [0.4, 0.5) is 0 Å². The molecule has 18 heavy (non-hydrogen) atoms. The van der Waals surface area contributed by atoms with Crippen molar-refractivity contribution in [2.75, 3.05) is 7.05 Å². The Hall–Kier alpha value is -1.33. The molecular formula is C16H20N2. The van der Waals surface area contributed by atoms with Crippen LogP contribution in [0, 0.1) is 24.2 Å². The van der Waals surface area contributed by atoms with Crippen molar-refractivity contribution in [2.45, 2.75) is 44.2 Å². The van der Waals surface area contributed by atoms with E-state index in [0.717, 1.165) is 6.42 Å². The number of piperidine rings is 1. The molecule has 1 aromatic rings. The lowest BCUT2D eigenvalue weighted by molar-refractivity contribution is 0.127. The fraction of sp³-hybridized carbons (Fsp3) is 0.562. The summed E-state index contributed by atoms with van der Waals surface area (Å²) in [6.45, 7) is 2.11. The fourth-order valence-electron chi connectivity index (χ4n) is 3.80. The molecule has 3 rings (SSSR count). The van der Waals surface area contributed by atoms with Crippen molar-refractivity contribution in [3.8, 4) is 6.07 Å². The zero-order valence-corrected chi connectivity index (χ0v) is 11.1. The highest BCUT2D eigenvalue weighted by atomic mass is 15.2. The third-order valence-corrected chi connectivity index (χ3v) is 4.92. The van der Waals surface area contributed by atoms with Gasteiger partial charge in [-0.2, -0.15) is 5.26 Å². The summed E-state index contributed by atoms with van der Waals surface area (Å²) >= 11 is 0. The summed E-state index contributed by atoms with van der Waals surface area (Å²) in [7, 11) is 2.19. The monoisotopic (exact) mass is 240 g/mol. The number of nitrogens with zero attached hydrogens (tertiary/aromatic N) is 2. The van der Waals surface area contributed by atoms with Gasteiger partial charge in [-0.15, -0.1) is 0 Å². The predicted molar refractivity (Wildman–Crippen MR) is 72.2 cm³/mol. The number of aryl methyl sites for hydroxylation is 1. The Morgan fingerprint density at radius 2 is 1.94 bits per heavy atom. The van der Waals surface area contributed by atoms with Crippen LogP contribution in [0.3, 0.4) is 0 Å². The minimum Gasteiger partial charge on any atom is -0.299 e. The van der Waals surface area contributed by atoms with Crippen molar-refractivity contribution in [3.63, 3.8) is 0 Å². The highest BCUT2D eigenvalue weighted by Gasteiger charge is 2.45. The first-order chi connectivity index (χ1) is 8.70. The highest BCUT2D eigenvalue weighted by molar-refractivity contribution is 5.28. The third kappa shape index (κ3) is 1.74. The van der Waals surface area contributed by atoms with Crippen LogP contribution in [0.25, 0.3) is 0 Å². The van der Waals surface area contributed by atoms with Gasteiger partial charge in [0.1, 0.15) is 0 Å². The summed E-state index contributed by atoms with van der Waals surface area (Å²) in [6, 6.07) is 12.5. The van der Waals surface area contributed by atoms with Crippen LogP contribution in [0.5, 0.6) is 0 Å². The first-order valence-corrected chi connectivity index (χ1v) is 6.89. The Bertz CT molecular complexity index is 471. The molecule has 0 saturated carbocycles. The minimum absolute atomic E-state index is 0.163. The summed E-state index contributed by atoms with van der Waals surface area (Å²) in [4.78, 5) is 2.44. The van der Waals surface area contributed by atoms with Gasteiger partial charge < -0.3 is 0 Å². The van der Waals surface area contributed by atoms with E-state index in [9.17, 15) is 5.26 Å². The summed E-state index contributed by atoms with van der Waals surface area (Å²) in [5.74, 6) is 0.598. The molecule has 0 radical (unpaired) electrons. The van der Waals surface area contributed by atoms with E-state index in [1.54, 1.807) is 0 Å². The molecule has 0 N–H and O–H groups in total. The van der Waals surface area contributed by atoms with E-state index < -0.39 is 0 Å². The van der Waals surface area contributed by atoms with Gasteiger partial charge in [0.05, 0.1) is 12.0 Å². The van der Waals surface area contributed by atoms with E-state index in [1.165, 1.54) is 24.0 Å². The Kier molecular flexibility index (Phi) is 2.87. The Labute approximate surface area is 109 Å². The molecule has 0 aromatic heterocycles. The van der Waals surface area contributed by atoms with Crippen LogP contribution in [-0.2, 0) is 0 Å². The largest absolute Gasteiger partial charge is 0.299 e. The quantitative estimate of drug-likeness (QED) is 0.754. The van der Waals surface area contributed by atoms with Gasteiger partial charge in [0.2, 0.25) is 0 Å². The second-order valence-corrected chi connectivity index (χ2v) is 5.87. The van der Waals surface area contributed by atoms with Crippen LogP contribution in [-0.4, -0.2) is 24.0 Å². The maximum absolute atomic E-state index is 9.54. The van der Waals surface area contributed by atoms with Crippen LogP contribution >= 0.6 is 0 Å². The van der Waals surface area contributed by atoms with Gasteiger partial charge in [-0.25, -0.2) is 0 Å². The van der Waals surface area contributed by atoms with Crippen LogP contribution in [0.1, 0.15) is 36.3 Å². The van der Waals surface area contributed by atoms with Gasteiger partial charge in [-0.1, -0.05) is 29.8 Å². The van der Waals surface area contributed by atoms with Crippen molar-refractivity contribution < 1.29 is 0 Å². The lowest BCUT2D eigenvalue weighted by Gasteiger charge is -2.40. The molecule has 2 fully saturated rings. The predicted octanol–water partition coefficient (Wildman–Crippen LogP) is 3.08. The molecule has 2 bridgehead atoms. The van der Waals surface area contributed by atoms with Gasteiger partial charge in [0.15, 0.2) is 0 Å². The van der Waals surface area contributed by atoms with Crippen molar-refractivity contribution in [2.24, 2.45) is 5.92 Å². The molecular weight excluding hydrogens is 220 g/mol. The zero-order chi connectivity index (χ0) is 12.7. The first-order valence-electron chi connectivity index (χ1n) is 6.89. The van der Waals surface area contributed by atoms with E-state index in [2.05, 4.69) is 49.2 Å². The molecule has 0 amide bonds. The van der Waals surface area contributed by atoms with Crippen molar-refractivity contribution >= 4 is 0 Å². The van der Waals surface area contributed by atoms with Gasteiger partial charge in [-0.3, -0.25) is 4.90 Å². The molecule has 2 saturated heterocycles. The van der Waals surface area contributed by atoms with E-state index >= 15 is 0 Å². The van der Waals surface area contributed by atoms with Gasteiger partial charge >= 0.3 is 0 Å². The molecule has 0 aliphatic carbocycles. The van der Waals surface area contributed by atoms with E-state index in [1.807, 2.05) is 0 Å². The van der Waals surface area contributed by atoms with E-state index in [-0.39, 0.29) is 5.92 Å². The van der Waals surface area contributed by atoms with Crippen molar-refractivity contribution in [3.05, 3.63) is 35.4 Å². The lowest BCUT2D eigenvalue weighted by atomic mass is 9.77. The second kappa shape index (κ2) is 4.40. The number of rotatable bonds is 1. The lowest BCUT2D eigenvalue weighted by Crippen LogP contribution is -2.45. The number of hydrogen-bond donors (Lipinski definition) is 0. The molecule has 2 nitrogen and oxygen atoms in total. The maximum atomic E-state index is 9.54. The van der Waals surface area contributed by atoms with Crippen LogP contribution in [0.2, 0.25) is 0 Å². The molecule has 0 spiro atoms. The van der Waals surface area contributed by atoms with Crippen molar-refractivity contribution in [1.29, 1.82) is 5.26 Å². The normalized spacial score (nSPS) is 35.4. The molecule has 2 heteroatoms. The number of hydrogen-bond acceptors (Lipinski definition) is 2. The maximum Gasteiger partial charge on any atom is 0.0687 e. The average Bonchev–Trinajstić information content (AvgIpc) is 2.63. The molecule has 1 aromatic carbocycles. The summed E-state index contributed by atoms with van der Waals surface area (Å²) in [5, 5.41) is 9.54. The van der Waals surface area contributed by atoms with Gasteiger partial charge in [0.25, 0.3) is 0 Å². The van der Waals surface area contributed by atoms with Gasteiger partial charge in [-0.05, 0) is 38.8 Å². The van der Waals surface area contributed by atoms with Crippen LogP contribution < -0.4 is 0 Å². The minimum atomic E-state index is 0.163. The number of fused-ring (bicyclic) bond motifs is 2. The topological polar surface area (TPSA) is 27.0 Å². The molecule has 2 aliphatic heterocycles. The number of benzene rings is 1. The molecule has 4 atom stereocenters. The summed E-state index contributed by atoms with van der Waals surface area (Å²) in [6.07, 6.45) is 3.61. The smallest absolute Gasteiger partial charge is 0.0687 e. The number of nitriles is 1. The fourth-order valence-corrected chi connectivity index (χ4v) is 3.80. The molecule has 2 heterocycles. The Balaban J connectivity index is 1.93. The average molecular weight is 240 g/mol. The third-order valence-electron chi connectivity index (χ3n) is 4.92. The van der Waals surface area contributed by atoms with Crippen molar-refractivity contribution in [1.82, 2.24) is 4.90 Å². The summed E-state index contributed by atoms with van der Waals surface area (Å²) in [5.41, 5.74) is 2.65.